The van der Waals surface area contributed by atoms with E-state index in [1.165, 1.54) is 12.4 Å². The van der Waals surface area contributed by atoms with Crippen molar-refractivity contribution in [3.05, 3.63) is 81.9 Å². The molecule has 0 bridgehead atoms. The second-order valence-corrected chi connectivity index (χ2v) is 12.3. The van der Waals surface area contributed by atoms with Crippen LogP contribution in [-0.4, -0.2) is 89.3 Å². The predicted octanol–water partition coefficient (Wildman–Crippen LogP) is 5.21. The van der Waals surface area contributed by atoms with E-state index in [4.69, 9.17) is 21.1 Å². The van der Waals surface area contributed by atoms with Gasteiger partial charge < -0.3 is 24.6 Å². The van der Waals surface area contributed by atoms with Gasteiger partial charge in [0.2, 0.25) is 17.8 Å². The molecule has 6 rings (SSSR count). The number of carbonyl (C=O) groups is 1. The van der Waals surface area contributed by atoms with Crippen molar-refractivity contribution in [2.45, 2.75) is 25.6 Å². The first-order chi connectivity index (χ1) is 25.9. The summed E-state index contributed by atoms with van der Waals surface area (Å²) in [6, 6.07) is 5.48. The lowest BCUT2D eigenvalue weighted by Gasteiger charge is -2.34. The Bertz CT molecular complexity index is 1990. The van der Waals surface area contributed by atoms with Crippen LogP contribution < -0.4 is 26.0 Å². The molecule has 15 nitrogen and oxygen atoms in total. The van der Waals surface area contributed by atoms with Gasteiger partial charge in [0.05, 0.1) is 66.8 Å². The number of ether oxygens (including phenoxy) is 2. The molecule has 2 aliphatic rings. The average Bonchev–Trinajstić information content (AvgIpc) is 3.16. The standard InChI is InChI=1S/C33H32ClF5N12O3/c1-19-12-20(13-23(34)28(19)45-27(52)4-5-43-48-31-41-16-24(35)29(46-31)50-6-9-53-10-7-50)26-18-51(8-11-54-26)30-25(36)17-42-32(47-30)49-44-15-22-3-2-21(14-40-22)33(37,38)39/h2-3,5,12-17,26H,4,6-11,18H2,1H3,(H,45,52)(H,41,46,48)(H,42,47,49)/b43-5+,44-15-. The molecule has 2 fully saturated rings. The van der Waals surface area contributed by atoms with Gasteiger partial charge in [0, 0.05) is 38.6 Å². The lowest BCUT2D eigenvalue weighted by molar-refractivity contribution is -0.137. The van der Waals surface area contributed by atoms with E-state index in [1.54, 1.807) is 28.9 Å². The van der Waals surface area contributed by atoms with E-state index in [9.17, 15) is 26.7 Å². The van der Waals surface area contributed by atoms with Crippen LogP contribution in [0.2, 0.25) is 5.02 Å². The molecule has 0 radical (unpaired) electrons. The highest BCUT2D eigenvalue weighted by atomic mass is 35.5. The van der Waals surface area contributed by atoms with Crippen LogP contribution in [0.5, 0.6) is 0 Å². The number of nitrogens with one attached hydrogen (secondary N) is 3. The second kappa shape index (κ2) is 17.0. The fourth-order valence-corrected chi connectivity index (χ4v) is 5.75. The van der Waals surface area contributed by atoms with Crippen molar-refractivity contribution >= 4 is 59.2 Å². The number of anilines is 5. The summed E-state index contributed by atoms with van der Waals surface area (Å²) in [5.74, 6) is -1.54. The fraction of sp³-hybridized carbons (Fsp3) is 0.333. The number of benzene rings is 1. The Morgan fingerprint density at radius 2 is 1.61 bits per heavy atom. The summed E-state index contributed by atoms with van der Waals surface area (Å²) < 4.78 is 78.8. The molecule has 0 spiro atoms. The van der Waals surface area contributed by atoms with Gasteiger partial charge in [0.25, 0.3) is 0 Å². The molecule has 284 valence electrons. The maximum absolute atomic E-state index is 14.9. The van der Waals surface area contributed by atoms with Gasteiger partial charge in [-0.1, -0.05) is 17.7 Å². The molecule has 1 atom stereocenters. The second-order valence-electron chi connectivity index (χ2n) is 11.8. The van der Waals surface area contributed by atoms with Crippen LogP contribution in [0.25, 0.3) is 0 Å². The molecule has 3 aromatic heterocycles. The van der Waals surface area contributed by atoms with Crippen molar-refractivity contribution in [2.75, 3.05) is 72.0 Å². The zero-order valence-corrected chi connectivity index (χ0v) is 29.2. The summed E-state index contributed by atoms with van der Waals surface area (Å²) in [5, 5.41) is 10.9. The normalized spacial score (nSPS) is 16.6. The molecular formula is C33H32ClF5N12O3. The lowest BCUT2D eigenvalue weighted by Crippen LogP contribution is -2.39. The molecule has 2 saturated heterocycles. The van der Waals surface area contributed by atoms with E-state index in [2.05, 4.69) is 51.3 Å². The van der Waals surface area contributed by atoms with Gasteiger partial charge in [-0.15, -0.1) is 0 Å². The number of amides is 1. The molecule has 21 heteroatoms. The minimum atomic E-state index is -4.51. The molecule has 1 aromatic carbocycles. The number of morpholine rings is 2. The summed E-state index contributed by atoms with van der Waals surface area (Å²) in [6.45, 7) is 4.41. The number of nitrogens with zero attached hydrogens (tertiary/aromatic N) is 9. The Morgan fingerprint density at radius 1 is 0.944 bits per heavy atom. The Morgan fingerprint density at radius 3 is 2.26 bits per heavy atom. The Kier molecular flexibility index (Phi) is 12.0. The largest absolute Gasteiger partial charge is 0.417 e. The number of halogens is 6. The van der Waals surface area contributed by atoms with Crippen LogP contribution in [0, 0.1) is 18.6 Å². The zero-order chi connectivity index (χ0) is 38.2. The van der Waals surface area contributed by atoms with Gasteiger partial charge >= 0.3 is 6.18 Å². The molecule has 1 unspecified atom stereocenters. The maximum atomic E-state index is 14.9. The van der Waals surface area contributed by atoms with Gasteiger partial charge in [-0.25, -0.2) is 29.6 Å². The van der Waals surface area contributed by atoms with Crippen molar-refractivity contribution in [3.63, 3.8) is 0 Å². The summed E-state index contributed by atoms with van der Waals surface area (Å²) in [6.07, 6.45) is 0.0190. The number of rotatable bonds is 11. The number of alkyl halides is 3. The van der Waals surface area contributed by atoms with Crippen LogP contribution in [0.3, 0.4) is 0 Å². The van der Waals surface area contributed by atoms with Crippen molar-refractivity contribution < 1.29 is 36.2 Å². The molecule has 3 N–H and O–H groups in total. The van der Waals surface area contributed by atoms with Crippen molar-refractivity contribution in [1.29, 1.82) is 0 Å². The third-order valence-corrected chi connectivity index (χ3v) is 8.38. The van der Waals surface area contributed by atoms with E-state index in [0.717, 1.165) is 24.5 Å². The van der Waals surface area contributed by atoms with Gasteiger partial charge in [-0.2, -0.15) is 33.3 Å². The number of hydrazone groups is 2. The topological polar surface area (TPSA) is 167 Å². The van der Waals surface area contributed by atoms with E-state index in [0.29, 0.717) is 55.9 Å². The van der Waals surface area contributed by atoms with E-state index in [-0.39, 0.29) is 53.8 Å². The highest BCUT2D eigenvalue weighted by molar-refractivity contribution is 6.34. The van der Waals surface area contributed by atoms with Crippen molar-refractivity contribution in [3.8, 4) is 0 Å². The van der Waals surface area contributed by atoms with E-state index >= 15 is 0 Å². The van der Waals surface area contributed by atoms with E-state index in [1.807, 2.05) is 0 Å². The molecule has 54 heavy (non-hydrogen) atoms. The van der Waals surface area contributed by atoms with E-state index < -0.39 is 35.4 Å². The summed E-state index contributed by atoms with van der Waals surface area (Å²) in [4.78, 5) is 36.0. The maximum Gasteiger partial charge on any atom is 0.417 e. The number of pyridine rings is 1. The fourth-order valence-electron chi connectivity index (χ4n) is 5.43. The van der Waals surface area contributed by atoms with Gasteiger partial charge in [0.15, 0.2) is 23.3 Å². The molecular weight excluding hydrogens is 743 g/mol. The average molecular weight is 775 g/mol. The van der Waals surface area contributed by atoms with Crippen LogP contribution in [0.4, 0.5) is 51.2 Å². The molecule has 1 amide bonds. The quantitative estimate of drug-likeness (QED) is 0.104. The zero-order valence-electron chi connectivity index (χ0n) is 28.4. The number of aromatic nitrogens is 5. The minimum Gasteiger partial charge on any atom is -0.378 e. The van der Waals surface area contributed by atoms with Crippen LogP contribution in [0.15, 0.2) is 53.1 Å². The smallest absolute Gasteiger partial charge is 0.378 e. The molecule has 4 aromatic rings. The lowest BCUT2D eigenvalue weighted by atomic mass is 10.0. The van der Waals surface area contributed by atoms with Gasteiger partial charge in [-0.05, 0) is 36.2 Å². The van der Waals surface area contributed by atoms with Crippen molar-refractivity contribution in [1.82, 2.24) is 24.9 Å². The highest BCUT2D eigenvalue weighted by Gasteiger charge is 2.31. The number of hydrogen-bond donors (Lipinski definition) is 3. The first-order valence-corrected chi connectivity index (χ1v) is 16.8. The number of aryl methyl sites for hydroxylation is 1. The van der Waals surface area contributed by atoms with Crippen LogP contribution >= 0.6 is 11.6 Å². The number of hydrogen-bond acceptors (Lipinski definition) is 14. The SMILES string of the molecule is Cc1cc(C2CN(c3nc(N/N=C\c4ccc(C(F)(F)F)cn4)ncc3F)CCO2)cc(Cl)c1NC(=O)C/C=N/Nc1ncc(F)c(N2CCOCC2)n1. The Balaban J connectivity index is 1.03. The van der Waals surface area contributed by atoms with Crippen LogP contribution in [0.1, 0.15) is 34.9 Å². The third kappa shape index (κ3) is 9.68. The van der Waals surface area contributed by atoms with Crippen molar-refractivity contribution in [2.24, 2.45) is 10.2 Å². The molecule has 0 aliphatic carbocycles. The van der Waals surface area contributed by atoms with Crippen LogP contribution in [-0.2, 0) is 20.4 Å². The minimum absolute atomic E-state index is 0.0185. The summed E-state index contributed by atoms with van der Waals surface area (Å²) >= 11 is 6.61. The Labute approximate surface area is 309 Å². The summed E-state index contributed by atoms with van der Waals surface area (Å²) in [5.41, 5.74) is 6.12. The molecule has 0 saturated carbocycles. The molecule has 2 aliphatic heterocycles. The predicted molar refractivity (Wildman–Crippen MR) is 190 cm³/mol. The third-order valence-electron chi connectivity index (χ3n) is 8.08. The van der Waals surface area contributed by atoms with Gasteiger partial charge in [-0.3, -0.25) is 9.78 Å². The highest BCUT2D eigenvalue weighted by Crippen LogP contribution is 2.34. The summed E-state index contributed by atoms with van der Waals surface area (Å²) in [7, 11) is 0. The monoisotopic (exact) mass is 774 g/mol. The first-order valence-electron chi connectivity index (χ1n) is 16.4. The first kappa shape index (κ1) is 38.1. The molecule has 5 heterocycles. The number of carbonyl (C=O) groups excluding carboxylic acids is 1. The van der Waals surface area contributed by atoms with Gasteiger partial charge in [0.1, 0.15) is 6.10 Å². The Hall–Kier alpha value is -5.60.